The zero-order valence-electron chi connectivity index (χ0n) is 15.5. The van der Waals surface area contributed by atoms with Crippen LogP contribution in [-0.2, 0) is 14.3 Å². The van der Waals surface area contributed by atoms with Gasteiger partial charge in [-0.3, -0.25) is 9.59 Å². The molecule has 0 radical (unpaired) electrons. The first-order valence-electron chi connectivity index (χ1n) is 8.87. The fourth-order valence-electron chi connectivity index (χ4n) is 2.50. The molecule has 2 aromatic rings. The number of ether oxygens (including phenoxy) is 2. The lowest BCUT2D eigenvalue weighted by atomic mass is 10.0. The van der Waals surface area contributed by atoms with Gasteiger partial charge in [0, 0.05) is 0 Å². The highest BCUT2D eigenvalue weighted by Gasteiger charge is 2.20. The van der Waals surface area contributed by atoms with Crippen molar-refractivity contribution in [2.75, 3.05) is 6.61 Å². The van der Waals surface area contributed by atoms with Gasteiger partial charge in [-0.25, -0.2) is 4.39 Å². The zero-order chi connectivity index (χ0) is 19.6. The fourth-order valence-corrected chi connectivity index (χ4v) is 2.50. The Balaban J connectivity index is 1.92. The molecule has 144 valence electrons. The first-order valence-corrected chi connectivity index (χ1v) is 8.87. The number of nitrogens with one attached hydrogen (secondary N) is 1. The molecule has 0 saturated carbocycles. The number of benzene rings is 2. The molecule has 2 aromatic carbocycles. The van der Waals surface area contributed by atoms with E-state index >= 15 is 0 Å². The molecule has 1 amide bonds. The largest absolute Gasteiger partial charge is 0.490 e. The summed E-state index contributed by atoms with van der Waals surface area (Å²) >= 11 is 0. The third-order valence-electron chi connectivity index (χ3n) is 3.70. The van der Waals surface area contributed by atoms with Gasteiger partial charge in [-0.2, -0.15) is 0 Å². The van der Waals surface area contributed by atoms with E-state index in [9.17, 15) is 14.0 Å². The van der Waals surface area contributed by atoms with Crippen molar-refractivity contribution in [3.8, 4) is 5.75 Å². The fraction of sp³-hybridized carbons (Fsp3) is 0.333. The molecule has 0 spiro atoms. The number of hydrogen-bond donors (Lipinski definition) is 1. The van der Waals surface area contributed by atoms with Crippen molar-refractivity contribution in [1.29, 1.82) is 0 Å². The Morgan fingerprint density at radius 3 is 2.37 bits per heavy atom. The van der Waals surface area contributed by atoms with Crippen LogP contribution in [0, 0.1) is 5.82 Å². The maximum atomic E-state index is 13.5. The minimum Gasteiger partial charge on any atom is -0.490 e. The van der Waals surface area contributed by atoms with E-state index in [1.165, 1.54) is 12.1 Å². The van der Waals surface area contributed by atoms with Crippen molar-refractivity contribution >= 4 is 11.9 Å². The monoisotopic (exact) mass is 373 g/mol. The van der Waals surface area contributed by atoms with E-state index in [1.807, 2.05) is 30.3 Å². The van der Waals surface area contributed by atoms with E-state index in [2.05, 4.69) is 5.32 Å². The highest BCUT2D eigenvalue weighted by Crippen LogP contribution is 2.18. The van der Waals surface area contributed by atoms with Gasteiger partial charge < -0.3 is 14.8 Å². The third-order valence-corrected chi connectivity index (χ3v) is 3.70. The van der Waals surface area contributed by atoms with E-state index in [1.54, 1.807) is 26.0 Å². The Morgan fingerprint density at radius 2 is 1.70 bits per heavy atom. The van der Waals surface area contributed by atoms with Gasteiger partial charge in [0.1, 0.15) is 0 Å². The Labute approximate surface area is 158 Å². The molecule has 1 unspecified atom stereocenters. The summed E-state index contributed by atoms with van der Waals surface area (Å²) in [7, 11) is 0. The lowest BCUT2D eigenvalue weighted by Crippen LogP contribution is -2.32. The Morgan fingerprint density at radius 1 is 1.04 bits per heavy atom. The van der Waals surface area contributed by atoms with E-state index < -0.39 is 11.9 Å². The summed E-state index contributed by atoms with van der Waals surface area (Å²) in [6.45, 7) is 3.58. The lowest BCUT2D eigenvalue weighted by molar-refractivity contribution is -0.148. The van der Waals surface area contributed by atoms with Crippen molar-refractivity contribution in [1.82, 2.24) is 5.32 Å². The van der Waals surface area contributed by atoms with Gasteiger partial charge >= 0.3 is 5.97 Å². The molecule has 0 aliphatic rings. The predicted molar refractivity (Wildman–Crippen MR) is 99.7 cm³/mol. The summed E-state index contributed by atoms with van der Waals surface area (Å²) in [6.07, 6.45) is -0.155. The Hall–Kier alpha value is -2.89. The SMILES string of the molecule is CC(C)OC(=O)CC(NC(=O)CCOc1ccccc1F)c1ccccc1. The number of carbonyl (C=O) groups is 2. The molecule has 5 nitrogen and oxygen atoms in total. The van der Waals surface area contributed by atoms with Crippen LogP contribution in [0.2, 0.25) is 0 Å². The van der Waals surface area contributed by atoms with Crippen LogP contribution in [0.1, 0.15) is 38.3 Å². The molecule has 0 heterocycles. The second kappa shape index (κ2) is 10.3. The Kier molecular flexibility index (Phi) is 7.79. The third kappa shape index (κ3) is 7.09. The molecule has 1 N–H and O–H groups in total. The lowest BCUT2D eigenvalue weighted by Gasteiger charge is -2.19. The molecule has 0 aliphatic heterocycles. The van der Waals surface area contributed by atoms with Crippen LogP contribution < -0.4 is 10.1 Å². The molecule has 0 saturated heterocycles. The molecule has 0 bridgehead atoms. The van der Waals surface area contributed by atoms with Crippen LogP contribution >= 0.6 is 0 Å². The number of hydrogen-bond acceptors (Lipinski definition) is 4. The summed E-state index contributed by atoms with van der Waals surface area (Å²) in [5.74, 6) is -1.05. The maximum absolute atomic E-state index is 13.5. The van der Waals surface area contributed by atoms with E-state index in [0.29, 0.717) is 0 Å². The van der Waals surface area contributed by atoms with Gasteiger partial charge in [-0.1, -0.05) is 42.5 Å². The van der Waals surface area contributed by atoms with Gasteiger partial charge in [0.2, 0.25) is 5.91 Å². The number of rotatable bonds is 9. The number of amides is 1. The minimum absolute atomic E-state index is 0.0299. The van der Waals surface area contributed by atoms with Gasteiger partial charge in [0.15, 0.2) is 11.6 Å². The molecular weight excluding hydrogens is 349 g/mol. The number of carbonyl (C=O) groups excluding carboxylic acids is 2. The number of halogens is 1. The van der Waals surface area contributed by atoms with Gasteiger partial charge in [0.25, 0.3) is 0 Å². The average molecular weight is 373 g/mol. The van der Waals surface area contributed by atoms with E-state index in [4.69, 9.17) is 9.47 Å². The maximum Gasteiger partial charge on any atom is 0.308 e. The number of para-hydroxylation sites is 1. The number of esters is 1. The van der Waals surface area contributed by atoms with Crippen molar-refractivity contribution < 1.29 is 23.5 Å². The van der Waals surface area contributed by atoms with Crippen molar-refractivity contribution in [3.63, 3.8) is 0 Å². The van der Waals surface area contributed by atoms with Crippen molar-refractivity contribution in [3.05, 3.63) is 66.0 Å². The zero-order valence-corrected chi connectivity index (χ0v) is 15.5. The molecule has 0 aliphatic carbocycles. The van der Waals surface area contributed by atoms with Crippen molar-refractivity contribution in [2.24, 2.45) is 0 Å². The smallest absolute Gasteiger partial charge is 0.308 e. The van der Waals surface area contributed by atoms with Crippen molar-refractivity contribution in [2.45, 2.75) is 38.8 Å². The second-order valence-corrected chi connectivity index (χ2v) is 6.30. The summed E-state index contributed by atoms with van der Waals surface area (Å²) in [6, 6.07) is 14.7. The molecule has 0 fully saturated rings. The molecule has 1 atom stereocenters. The van der Waals surface area contributed by atoms with E-state index in [-0.39, 0.29) is 43.2 Å². The van der Waals surface area contributed by atoms with Crippen LogP contribution in [-0.4, -0.2) is 24.6 Å². The average Bonchev–Trinajstić information content (AvgIpc) is 2.63. The van der Waals surface area contributed by atoms with Crippen LogP contribution in [0.15, 0.2) is 54.6 Å². The summed E-state index contributed by atoms with van der Waals surface area (Å²) in [5.41, 5.74) is 0.807. The van der Waals surface area contributed by atoms with Gasteiger partial charge in [-0.05, 0) is 31.5 Å². The summed E-state index contributed by atoms with van der Waals surface area (Å²) in [5, 5.41) is 2.82. The van der Waals surface area contributed by atoms with Crippen LogP contribution in [0.3, 0.4) is 0 Å². The topological polar surface area (TPSA) is 64.6 Å². The second-order valence-electron chi connectivity index (χ2n) is 6.30. The molecule has 2 rings (SSSR count). The summed E-state index contributed by atoms with van der Waals surface area (Å²) < 4.78 is 24.0. The minimum atomic E-state index is -0.501. The standard InChI is InChI=1S/C21H24FNO4/c1-15(2)27-21(25)14-18(16-8-4-3-5-9-16)23-20(24)12-13-26-19-11-7-6-10-17(19)22/h3-11,15,18H,12-14H2,1-2H3,(H,23,24). The first kappa shape index (κ1) is 20.4. The van der Waals surface area contributed by atoms with Crippen LogP contribution in [0.5, 0.6) is 5.75 Å². The molecule has 6 heteroatoms. The molecule has 0 aromatic heterocycles. The normalized spacial score (nSPS) is 11.7. The van der Waals surface area contributed by atoms with Crippen LogP contribution in [0.4, 0.5) is 4.39 Å². The van der Waals surface area contributed by atoms with Crippen LogP contribution in [0.25, 0.3) is 0 Å². The van der Waals surface area contributed by atoms with Gasteiger partial charge in [0.05, 0.1) is 31.6 Å². The van der Waals surface area contributed by atoms with Gasteiger partial charge in [-0.15, -0.1) is 0 Å². The molecular formula is C21H24FNO4. The predicted octanol–water partition coefficient (Wildman–Crippen LogP) is 3.79. The van der Waals surface area contributed by atoms with E-state index in [0.717, 1.165) is 5.56 Å². The molecule has 27 heavy (non-hydrogen) atoms. The summed E-state index contributed by atoms with van der Waals surface area (Å²) in [4.78, 5) is 24.3. The highest BCUT2D eigenvalue weighted by atomic mass is 19.1. The Bertz CT molecular complexity index is 749. The quantitative estimate of drug-likeness (QED) is 0.679. The first-order chi connectivity index (χ1) is 13.0. The highest BCUT2D eigenvalue weighted by molar-refractivity contribution is 5.78.